The molecule has 0 aromatic heterocycles. The number of carboxylic acid groups (broad SMARTS) is 2. The van der Waals surface area contributed by atoms with Crippen LogP contribution < -0.4 is 0 Å². The number of carbonyl (C=O) groups is 2. The molecule has 0 heterocycles. The van der Waals surface area contributed by atoms with Crippen molar-refractivity contribution in [3.05, 3.63) is 82.9 Å². The van der Waals surface area contributed by atoms with Crippen LogP contribution in [0, 0.1) is 27.7 Å². The average Bonchev–Trinajstić information content (AvgIpc) is 2.52. The van der Waals surface area contributed by atoms with Gasteiger partial charge in [-0.25, -0.2) is 9.59 Å². The van der Waals surface area contributed by atoms with Gasteiger partial charge in [0.2, 0.25) is 0 Å². The quantitative estimate of drug-likeness (QED) is 0.805. The van der Waals surface area contributed by atoms with E-state index in [2.05, 4.69) is 76.2 Å². The van der Waals surface area contributed by atoms with Gasteiger partial charge in [-0.15, -0.1) is 0 Å². The van der Waals surface area contributed by atoms with Crippen molar-refractivity contribution in [1.29, 1.82) is 0 Å². The summed E-state index contributed by atoms with van der Waals surface area (Å²) in [5.41, 5.74) is 5.39. The second-order valence-corrected chi connectivity index (χ2v) is 5.25. The maximum absolute atomic E-state index is 9.55. The second-order valence-electron chi connectivity index (χ2n) is 5.25. The summed E-state index contributed by atoms with van der Waals surface area (Å²) in [6.07, 6.45) is 1.12. The van der Waals surface area contributed by atoms with E-state index in [1.807, 2.05) is 0 Å². The van der Waals surface area contributed by atoms with Gasteiger partial charge in [0.25, 0.3) is 0 Å². The zero-order chi connectivity index (χ0) is 18.5. The standard InChI is InChI=1S/2C8H10.C4H4O4/c1-7-3-5-8(2)6-4-7;1-7-5-3-4-6-8(7)2;5-3(6)1-2-4(7)8/h2*3-6H,1-2H3;1-2H,(H,5,6)(H,7,8)/b;;2-1-. The lowest BCUT2D eigenvalue weighted by atomic mass is 10.1. The molecule has 0 unspecified atom stereocenters. The van der Waals surface area contributed by atoms with Crippen LogP contribution in [0.4, 0.5) is 0 Å². The summed E-state index contributed by atoms with van der Waals surface area (Å²) in [4.78, 5) is 19.1. The number of aliphatic carboxylic acids is 2. The highest BCUT2D eigenvalue weighted by molar-refractivity contribution is 5.89. The molecule has 0 spiro atoms. The van der Waals surface area contributed by atoms with Crippen molar-refractivity contribution in [2.45, 2.75) is 27.7 Å². The fraction of sp³-hybridized carbons (Fsp3) is 0.200. The molecule has 2 aromatic carbocycles. The van der Waals surface area contributed by atoms with Crippen molar-refractivity contribution in [2.24, 2.45) is 0 Å². The maximum atomic E-state index is 9.55. The van der Waals surface area contributed by atoms with Gasteiger partial charge in [0, 0.05) is 12.2 Å². The van der Waals surface area contributed by atoms with Gasteiger partial charge >= 0.3 is 11.9 Å². The van der Waals surface area contributed by atoms with Gasteiger partial charge in [0.1, 0.15) is 0 Å². The molecule has 0 bridgehead atoms. The van der Waals surface area contributed by atoms with Gasteiger partial charge in [-0.05, 0) is 38.8 Å². The van der Waals surface area contributed by atoms with Crippen molar-refractivity contribution >= 4 is 11.9 Å². The van der Waals surface area contributed by atoms with Crippen molar-refractivity contribution < 1.29 is 19.8 Å². The molecular formula is C20H24O4. The fourth-order valence-electron chi connectivity index (χ4n) is 1.44. The third-order valence-electron chi connectivity index (χ3n) is 3.01. The molecule has 0 atom stereocenters. The Bertz CT molecular complexity index is 612. The first kappa shape index (κ1) is 21.1. The molecule has 2 aromatic rings. The minimum Gasteiger partial charge on any atom is -0.478 e. The van der Waals surface area contributed by atoms with Gasteiger partial charge in [-0.2, -0.15) is 0 Å². The lowest BCUT2D eigenvalue weighted by molar-refractivity contribution is -0.134. The Hall–Kier alpha value is -2.88. The molecule has 0 saturated heterocycles. The van der Waals surface area contributed by atoms with Crippen LogP contribution in [0.1, 0.15) is 22.3 Å². The van der Waals surface area contributed by atoms with Crippen LogP contribution in [0.3, 0.4) is 0 Å². The van der Waals surface area contributed by atoms with E-state index in [-0.39, 0.29) is 0 Å². The van der Waals surface area contributed by atoms with Crippen LogP contribution in [-0.4, -0.2) is 22.2 Å². The van der Waals surface area contributed by atoms with E-state index in [9.17, 15) is 9.59 Å². The first-order chi connectivity index (χ1) is 11.2. The van der Waals surface area contributed by atoms with Crippen molar-refractivity contribution in [3.63, 3.8) is 0 Å². The largest absolute Gasteiger partial charge is 0.478 e. The van der Waals surface area contributed by atoms with Gasteiger partial charge in [-0.3, -0.25) is 0 Å². The molecule has 0 radical (unpaired) electrons. The molecule has 4 heteroatoms. The molecule has 24 heavy (non-hydrogen) atoms. The van der Waals surface area contributed by atoms with Gasteiger partial charge in [-0.1, -0.05) is 59.7 Å². The third-order valence-corrected chi connectivity index (χ3v) is 3.01. The molecule has 2 N–H and O–H groups in total. The molecule has 0 fully saturated rings. The number of hydrogen-bond acceptors (Lipinski definition) is 2. The highest BCUT2D eigenvalue weighted by Crippen LogP contribution is 2.02. The predicted octanol–water partition coefficient (Wildman–Crippen LogP) is 4.32. The number of benzene rings is 2. The topological polar surface area (TPSA) is 74.6 Å². The zero-order valence-electron chi connectivity index (χ0n) is 14.5. The summed E-state index contributed by atoms with van der Waals surface area (Å²) in [6.45, 7) is 8.43. The number of aryl methyl sites for hydroxylation is 4. The van der Waals surface area contributed by atoms with Crippen LogP contribution >= 0.6 is 0 Å². The highest BCUT2D eigenvalue weighted by Gasteiger charge is 1.88. The summed E-state index contributed by atoms with van der Waals surface area (Å²) < 4.78 is 0. The molecule has 0 aliphatic heterocycles. The molecule has 2 rings (SSSR count). The Morgan fingerprint density at radius 3 is 1.17 bits per heavy atom. The number of hydrogen-bond donors (Lipinski definition) is 2. The minimum atomic E-state index is -1.26. The maximum Gasteiger partial charge on any atom is 0.328 e. The summed E-state index contributed by atoms with van der Waals surface area (Å²) in [5.74, 6) is -2.51. The first-order valence-electron chi connectivity index (χ1n) is 7.41. The summed E-state index contributed by atoms with van der Waals surface area (Å²) in [7, 11) is 0. The van der Waals surface area contributed by atoms with Gasteiger partial charge < -0.3 is 10.2 Å². The molecular weight excluding hydrogens is 304 g/mol. The lowest BCUT2D eigenvalue weighted by Gasteiger charge is -1.93. The van der Waals surface area contributed by atoms with Crippen molar-refractivity contribution in [3.8, 4) is 0 Å². The normalized spacial score (nSPS) is 9.33. The van der Waals surface area contributed by atoms with E-state index in [1.54, 1.807) is 0 Å². The molecule has 0 aliphatic carbocycles. The van der Waals surface area contributed by atoms with E-state index in [4.69, 9.17) is 10.2 Å². The highest BCUT2D eigenvalue weighted by atomic mass is 16.4. The SMILES string of the molecule is Cc1ccc(C)cc1.Cc1ccccc1C.O=C(O)/C=C\C(=O)O. The van der Waals surface area contributed by atoms with Gasteiger partial charge in [0.15, 0.2) is 0 Å². The summed E-state index contributed by atoms with van der Waals surface area (Å²) >= 11 is 0. The summed E-state index contributed by atoms with van der Waals surface area (Å²) in [6, 6.07) is 16.8. The molecule has 128 valence electrons. The van der Waals surface area contributed by atoms with E-state index in [1.165, 1.54) is 22.3 Å². The molecule has 0 saturated carbocycles. The monoisotopic (exact) mass is 328 g/mol. The Morgan fingerprint density at radius 1 is 0.667 bits per heavy atom. The van der Waals surface area contributed by atoms with Crippen LogP contribution in [-0.2, 0) is 9.59 Å². The number of rotatable bonds is 2. The van der Waals surface area contributed by atoms with E-state index >= 15 is 0 Å². The Labute approximate surface area is 143 Å². The Balaban J connectivity index is 0.000000331. The second kappa shape index (κ2) is 11.7. The first-order valence-corrected chi connectivity index (χ1v) is 7.41. The lowest BCUT2D eigenvalue weighted by Crippen LogP contribution is -1.91. The van der Waals surface area contributed by atoms with E-state index < -0.39 is 11.9 Å². The van der Waals surface area contributed by atoms with Crippen LogP contribution in [0.15, 0.2) is 60.7 Å². The van der Waals surface area contributed by atoms with Crippen molar-refractivity contribution in [2.75, 3.05) is 0 Å². The molecule has 0 amide bonds. The summed E-state index contributed by atoms with van der Waals surface area (Å²) in [5, 5.41) is 15.6. The zero-order valence-corrected chi connectivity index (χ0v) is 14.5. The van der Waals surface area contributed by atoms with Crippen LogP contribution in [0.25, 0.3) is 0 Å². The van der Waals surface area contributed by atoms with E-state index in [0.717, 1.165) is 0 Å². The van der Waals surface area contributed by atoms with Crippen LogP contribution in [0.5, 0.6) is 0 Å². The average molecular weight is 328 g/mol. The van der Waals surface area contributed by atoms with Crippen LogP contribution in [0.2, 0.25) is 0 Å². The predicted molar refractivity (Wildman–Crippen MR) is 96.2 cm³/mol. The fourth-order valence-corrected chi connectivity index (χ4v) is 1.44. The number of carboxylic acids is 2. The third kappa shape index (κ3) is 11.7. The van der Waals surface area contributed by atoms with Gasteiger partial charge in [0.05, 0.1) is 0 Å². The Kier molecular flexibility index (Phi) is 10.3. The van der Waals surface area contributed by atoms with Crippen molar-refractivity contribution in [1.82, 2.24) is 0 Å². The molecule has 0 aliphatic rings. The van der Waals surface area contributed by atoms with E-state index in [0.29, 0.717) is 12.2 Å². The minimum absolute atomic E-state index is 0.558. The smallest absolute Gasteiger partial charge is 0.328 e. The molecule has 4 nitrogen and oxygen atoms in total. The Morgan fingerprint density at radius 2 is 0.958 bits per heavy atom.